The Balaban J connectivity index is 1.69. The Morgan fingerprint density at radius 3 is 2.87 bits per heavy atom. The Morgan fingerprint density at radius 2 is 2.09 bits per heavy atom. The van der Waals surface area contributed by atoms with Gasteiger partial charge in [-0.15, -0.1) is 0 Å². The monoisotopic (exact) mass is 329 g/mol. The molecule has 3 aromatic rings. The Labute approximate surface area is 138 Å². The quantitative estimate of drug-likeness (QED) is 0.772. The molecule has 0 aliphatic carbocycles. The Kier molecular flexibility index (Phi) is 4.21. The number of H-pyrrole nitrogens is 1. The molecule has 0 saturated carbocycles. The highest BCUT2D eigenvalue weighted by Crippen LogP contribution is 2.19. The van der Waals surface area contributed by atoms with Crippen molar-refractivity contribution < 1.29 is 9.90 Å². The van der Waals surface area contributed by atoms with E-state index in [1.807, 2.05) is 12.1 Å². The zero-order chi connectivity index (χ0) is 16.4. The molecule has 0 bridgehead atoms. The van der Waals surface area contributed by atoms with Crippen molar-refractivity contribution in [2.24, 2.45) is 0 Å². The minimum Gasteiger partial charge on any atom is -0.507 e. The van der Waals surface area contributed by atoms with Crippen LogP contribution in [-0.2, 0) is 6.42 Å². The number of hydrogen-bond donors (Lipinski definition) is 2. The van der Waals surface area contributed by atoms with Crippen LogP contribution >= 0.6 is 11.6 Å². The van der Waals surface area contributed by atoms with Crippen LogP contribution in [0.2, 0.25) is 5.02 Å². The third-order valence-electron chi connectivity index (χ3n) is 3.66. The van der Waals surface area contributed by atoms with Crippen LogP contribution in [0.4, 0.5) is 0 Å². The van der Waals surface area contributed by atoms with Gasteiger partial charge in [0.15, 0.2) is 0 Å². The number of amides is 1. The van der Waals surface area contributed by atoms with Crippen LogP contribution in [-0.4, -0.2) is 39.5 Å². The van der Waals surface area contributed by atoms with Gasteiger partial charge in [-0.2, -0.15) is 0 Å². The molecule has 0 aliphatic rings. The molecule has 1 aromatic heterocycles. The number of nitrogens with zero attached hydrogens (tertiary/aromatic N) is 2. The Bertz CT molecular complexity index is 860. The van der Waals surface area contributed by atoms with Crippen molar-refractivity contribution in [3.8, 4) is 5.75 Å². The maximum absolute atomic E-state index is 12.3. The number of carbonyl (C=O) groups excluding carboxylic acids is 1. The highest BCUT2D eigenvalue weighted by molar-refractivity contribution is 6.31. The highest BCUT2D eigenvalue weighted by Gasteiger charge is 2.15. The van der Waals surface area contributed by atoms with E-state index in [9.17, 15) is 9.90 Å². The predicted molar refractivity (Wildman–Crippen MR) is 89.9 cm³/mol. The molecule has 0 saturated heterocycles. The van der Waals surface area contributed by atoms with Gasteiger partial charge in [0.1, 0.15) is 11.6 Å². The largest absolute Gasteiger partial charge is 0.507 e. The SMILES string of the molecule is CN(CCc1nc2ccc(Cl)cc2[nH]1)C(=O)c1ccccc1O. The van der Waals surface area contributed by atoms with Gasteiger partial charge in [-0.3, -0.25) is 4.79 Å². The fraction of sp³-hybridized carbons (Fsp3) is 0.176. The van der Waals surface area contributed by atoms with Crippen LogP contribution in [0.1, 0.15) is 16.2 Å². The third kappa shape index (κ3) is 3.29. The first-order chi connectivity index (χ1) is 11.0. The van der Waals surface area contributed by atoms with E-state index >= 15 is 0 Å². The van der Waals surface area contributed by atoms with E-state index < -0.39 is 0 Å². The summed E-state index contributed by atoms with van der Waals surface area (Å²) in [7, 11) is 1.70. The van der Waals surface area contributed by atoms with E-state index in [0.29, 0.717) is 23.6 Å². The maximum Gasteiger partial charge on any atom is 0.257 e. The summed E-state index contributed by atoms with van der Waals surface area (Å²) >= 11 is 5.96. The second kappa shape index (κ2) is 6.30. The van der Waals surface area contributed by atoms with E-state index in [4.69, 9.17) is 11.6 Å². The number of aromatic amines is 1. The van der Waals surface area contributed by atoms with E-state index in [0.717, 1.165) is 16.9 Å². The summed E-state index contributed by atoms with van der Waals surface area (Å²) in [5, 5.41) is 10.4. The number of phenolic OH excluding ortho intramolecular Hbond substituents is 1. The predicted octanol–water partition coefficient (Wildman–Crippen LogP) is 3.24. The number of aromatic nitrogens is 2. The first kappa shape index (κ1) is 15.4. The first-order valence-electron chi connectivity index (χ1n) is 7.22. The Hall–Kier alpha value is -2.53. The molecule has 0 atom stereocenters. The smallest absolute Gasteiger partial charge is 0.257 e. The number of para-hydroxylation sites is 1. The molecule has 118 valence electrons. The van der Waals surface area contributed by atoms with Crippen LogP contribution in [0.15, 0.2) is 42.5 Å². The van der Waals surface area contributed by atoms with Gasteiger partial charge in [0, 0.05) is 25.0 Å². The second-order valence-electron chi connectivity index (χ2n) is 5.34. The number of halogens is 1. The average Bonchev–Trinajstić information content (AvgIpc) is 2.94. The topological polar surface area (TPSA) is 69.2 Å². The lowest BCUT2D eigenvalue weighted by Gasteiger charge is -2.17. The summed E-state index contributed by atoms with van der Waals surface area (Å²) in [5.74, 6) is 0.559. The lowest BCUT2D eigenvalue weighted by Crippen LogP contribution is -2.29. The van der Waals surface area contributed by atoms with Gasteiger partial charge in [0.05, 0.1) is 16.6 Å². The minimum atomic E-state index is -0.220. The van der Waals surface area contributed by atoms with Gasteiger partial charge in [0.2, 0.25) is 0 Å². The zero-order valence-corrected chi connectivity index (χ0v) is 13.3. The van der Waals surface area contributed by atoms with E-state index in [-0.39, 0.29) is 11.7 Å². The highest BCUT2D eigenvalue weighted by atomic mass is 35.5. The van der Waals surface area contributed by atoms with Gasteiger partial charge in [-0.1, -0.05) is 23.7 Å². The Morgan fingerprint density at radius 1 is 1.30 bits per heavy atom. The molecule has 2 N–H and O–H groups in total. The minimum absolute atomic E-state index is 0.0114. The maximum atomic E-state index is 12.3. The van der Waals surface area contributed by atoms with Crippen LogP contribution in [0.25, 0.3) is 11.0 Å². The van der Waals surface area contributed by atoms with Gasteiger partial charge in [-0.25, -0.2) is 4.98 Å². The van der Waals surface area contributed by atoms with E-state index in [1.165, 1.54) is 6.07 Å². The molecule has 0 unspecified atom stereocenters. The normalized spacial score (nSPS) is 10.9. The number of imidazole rings is 1. The molecule has 5 nitrogen and oxygen atoms in total. The summed E-state index contributed by atoms with van der Waals surface area (Å²) in [5.41, 5.74) is 2.02. The van der Waals surface area contributed by atoms with Gasteiger partial charge < -0.3 is 15.0 Å². The number of phenols is 1. The molecule has 0 spiro atoms. The number of carbonyl (C=O) groups is 1. The van der Waals surface area contributed by atoms with Crippen LogP contribution < -0.4 is 0 Å². The van der Waals surface area contributed by atoms with E-state index in [1.54, 1.807) is 36.2 Å². The third-order valence-corrected chi connectivity index (χ3v) is 3.89. The molecule has 1 heterocycles. The number of nitrogens with one attached hydrogen (secondary N) is 1. The number of fused-ring (bicyclic) bond motifs is 1. The van der Waals surface area contributed by atoms with Crippen molar-refractivity contribution in [1.82, 2.24) is 14.9 Å². The molecule has 6 heteroatoms. The average molecular weight is 330 g/mol. The summed E-state index contributed by atoms with van der Waals surface area (Å²) in [4.78, 5) is 21.6. The fourth-order valence-corrected chi connectivity index (χ4v) is 2.56. The fourth-order valence-electron chi connectivity index (χ4n) is 2.39. The molecular weight excluding hydrogens is 314 g/mol. The zero-order valence-electron chi connectivity index (χ0n) is 12.6. The summed E-state index contributed by atoms with van der Waals surface area (Å²) in [6.07, 6.45) is 0.585. The van der Waals surface area contributed by atoms with Crippen molar-refractivity contribution in [2.45, 2.75) is 6.42 Å². The van der Waals surface area contributed by atoms with Crippen LogP contribution in [0.5, 0.6) is 5.75 Å². The van der Waals surface area contributed by atoms with Crippen molar-refractivity contribution in [1.29, 1.82) is 0 Å². The first-order valence-corrected chi connectivity index (χ1v) is 7.60. The molecule has 1 amide bonds. The lowest BCUT2D eigenvalue weighted by atomic mass is 10.2. The molecule has 0 aliphatic heterocycles. The van der Waals surface area contributed by atoms with Crippen molar-refractivity contribution >= 4 is 28.5 Å². The van der Waals surface area contributed by atoms with Gasteiger partial charge >= 0.3 is 0 Å². The summed E-state index contributed by atoms with van der Waals surface area (Å²) < 4.78 is 0. The molecular formula is C17H16ClN3O2. The van der Waals surface area contributed by atoms with Crippen molar-refractivity contribution in [3.05, 3.63) is 58.9 Å². The molecule has 23 heavy (non-hydrogen) atoms. The summed E-state index contributed by atoms with van der Waals surface area (Å²) in [6, 6.07) is 12.0. The van der Waals surface area contributed by atoms with Crippen LogP contribution in [0.3, 0.4) is 0 Å². The molecule has 0 fully saturated rings. The van der Waals surface area contributed by atoms with Crippen LogP contribution in [0, 0.1) is 0 Å². The lowest BCUT2D eigenvalue weighted by molar-refractivity contribution is 0.0793. The standard InChI is InChI=1S/C17H16ClN3O2/c1-21(17(23)12-4-2-3-5-15(12)22)9-8-16-19-13-7-6-11(18)10-14(13)20-16/h2-7,10,22H,8-9H2,1H3,(H,19,20). The molecule has 3 rings (SSSR count). The number of hydrogen-bond acceptors (Lipinski definition) is 3. The second-order valence-corrected chi connectivity index (χ2v) is 5.78. The summed E-state index contributed by atoms with van der Waals surface area (Å²) in [6.45, 7) is 0.487. The van der Waals surface area contributed by atoms with Gasteiger partial charge in [0.25, 0.3) is 5.91 Å². The van der Waals surface area contributed by atoms with Crippen molar-refractivity contribution in [2.75, 3.05) is 13.6 Å². The van der Waals surface area contributed by atoms with Crippen molar-refractivity contribution in [3.63, 3.8) is 0 Å². The number of benzene rings is 2. The molecule has 0 radical (unpaired) electrons. The number of aromatic hydroxyl groups is 1. The number of likely N-dealkylation sites (N-methyl/N-ethyl adjacent to an activating group) is 1. The van der Waals surface area contributed by atoms with Gasteiger partial charge in [-0.05, 0) is 30.3 Å². The molecule has 2 aromatic carbocycles. The number of rotatable bonds is 4. The van der Waals surface area contributed by atoms with E-state index in [2.05, 4.69) is 9.97 Å².